The van der Waals surface area contributed by atoms with Gasteiger partial charge in [0, 0.05) is 12.2 Å². The number of hydrogen-bond acceptors (Lipinski definition) is 5. The van der Waals surface area contributed by atoms with Crippen LogP contribution in [0.3, 0.4) is 0 Å². The molecule has 0 saturated carbocycles. The number of hydrogen-bond donors (Lipinski definition) is 1. The fraction of sp³-hybridized carbons (Fsp3) is 0.348. The van der Waals surface area contributed by atoms with E-state index in [1.165, 1.54) is 22.9 Å². The molecule has 30 heavy (non-hydrogen) atoms. The summed E-state index contributed by atoms with van der Waals surface area (Å²) in [7, 11) is 0. The number of aromatic nitrogens is 3. The molecule has 0 aliphatic rings. The van der Waals surface area contributed by atoms with Gasteiger partial charge in [-0.15, -0.1) is 10.2 Å². The van der Waals surface area contributed by atoms with Crippen LogP contribution in [0.25, 0.3) is 0 Å². The van der Waals surface area contributed by atoms with E-state index in [-0.39, 0.29) is 11.7 Å². The summed E-state index contributed by atoms with van der Waals surface area (Å²) in [4.78, 5) is 12.4. The van der Waals surface area contributed by atoms with E-state index in [4.69, 9.17) is 4.74 Å². The predicted molar refractivity (Wildman–Crippen MR) is 121 cm³/mol. The van der Waals surface area contributed by atoms with Gasteiger partial charge in [0.15, 0.2) is 11.0 Å². The molecule has 0 bridgehead atoms. The van der Waals surface area contributed by atoms with Crippen molar-refractivity contribution in [2.75, 3.05) is 11.1 Å². The highest BCUT2D eigenvalue weighted by molar-refractivity contribution is 7.99. The summed E-state index contributed by atoms with van der Waals surface area (Å²) in [6.07, 6.45) is 0.873. The Hall–Kier alpha value is -2.80. The summed E-state index contributed by atoms with van der Waals surface area (Å²) < 4.78 is 7.89. The third-order valence-electron chi connectivity index (χ3n) is 4.96. The Kier molecular flexibility index (Phi) is 7.52. The van der Waals surface area contributed by atoms with Crippen molar-refractivity contribution >= 4 is 23.4 Å². The highest BCUT2D eigenvalue weighted by atomic mass is 32.2. The standard InChI is InChI=1S/C23H28N4O2S/c1-5-18-9-7-8-10-20(18)24-22(28)15-30-23-26-25-21(27(23)6-2)14-29-19-12-11-16(3)17(4)13-19/h7-13H,5-6,14-15H2,1-4H3,(H,24,28). The van der Waals surface area contributed by atoms with Gasteiger partial charge in [0.25, 0.3) is 0 Å². The first kappa shape index (κ1) is 21.9. The molecule has 0 radical (unpaired) electrons. The zero-order valence-corrected chi connectivity index (χ0v) is 18.8. The van der Waals surface area contributed by atoms with Crippen molar-refractivity contribution in [1.29, 1.82) is 0 Å². The van der Waals surface area contributed by atoms with E-state index in [2.05, 4.69) is 36.3 Å². The highest BCUT2D eigenvalue weighted by Crippen LogP contribution is 2.21. The Labute approximate surface area is 182 Å². The van der Waals surface area contributed by atoms with Crippen LogP contribution >= 0.6 is 11.8 Å². The fourth-order valence-corrected chi connectivity index (χ4v) is 3.89. The average Bonchev–Trinajstić information content (AvgIpc) is 3.15. The number of nitrogens with one attached hydrogen (secondary N) is 1. The number of para-hydroxylation sites is 1. The monoisotopic (exact) mass is 424 g/mol. The quantitative estimate of drug-likeness (QED) is 0.500. The zero-order valence-electron chi connectivity index (χ0n) is 17.9. The number of nitrogens with zero attached hydrogens (tertiary/aromatic N) is 3. The Balaban J connectivity index is 1.59. The van der Waals surface area contributed by atoms with Gasteiger partial charge in [0.1, 0.15) is 12.4 Å². The predicted octanol–water partition coefficient (Wildman–Crippen LogP) is 4.79. The third kappa shape index (κ3) is 5.42. The topological polar surface area (TPSA) is 69.0 Å². The van der Waals surface area contributed by atoms with E-state index < -0.39 is 0 Å². The summed E-state index contributed by atoms with van der Waals surface area (Å²) in [5, 5.41) is 12.2. The van der Waals surface area contributed by atoms with Crippen molar-refractivity contribution < 1.29 is 9.53 Å². The normalized spacial score (nSPS) is 10.8. The van der Waals surface area contributed by atoms with Gasteiger partial charge in [0.2, 0.25) is 5.91 Å². The lowest BCUT2D eigenvalue weighted by atomic mass is 10.1. The van der Waals surface area contributed by atoms with Crippen LogP contribution in [0.15, 0.2) is 47.6 Å². The number of carbonyl (C=O) groups is 1. The average molecular weight is 425 g/mol. The first-order chi connectivity index (χ1) is 14.5. The minimum atomic E-state index is -0.0560. The molecule has 0 spiro atoms. The molecule has 0 atom stereocenters. The molecule has 0 unspecified atom stereocenters. The molecule has 1 N–H and O–H groups in total. The van der Waals surface area contributed by atoms with Crippen LogP contribution in [0.2, 0.25) is 0 Å². The van der Waals surface area contributed by atoms with E-state index in [1.807, 2.05) is 54.0 Å². The molecule has 0 aliphatic carbocycles. The number of rotatable bonds is 9. The summed E-state index contributed by atoms with van der Waals surface area (Å²) >= 11 is 1.38. The number of amides is 1. The van der Waals surface area contributed by atoms with Crippen LogP contribution in [0.4, 0.5) is 5.69 Å². The largest absolute Gasteiger partial charge is 0.486 e. The van der Waals surface area contributed by atoms with Gasteiger partial charge in [-0.25, -0.2) is 0 Å². The maximum absolute atomic E-state index is 12.4. The minimum Gasteiger partial charge on any atom is -0.486 e. The Morgan fingerprint density at radius 2 is 1.90 bits per heavy atom. The van der Waals surface area contributed by atoms with Crippen LogP contribution in [-0.4, -0.2) is 26.4 Å². The van der Waals surface area contributed by atoms with Crippen molar-refractivity contribution in [3.8, 4) is 5.75 Å². The van der Waals surface area contributed by atoms with Crippen LogP contribution < -0.4 is 10.1 Å². The molecular weight excluding hydrogens is 396 g/mol. The number of ether oxygens (including phenoxy) is 1. The lowest BCUT2D eigenvalue weighted by Gasteiger charge is -2.11. The second-order valence-electron chi connectivity index (χ2n) is 7.03. The Morgan fingerprint density at radius 3 is 2.63 bits per heavy atom. The maximum Gasteiger partial charge on any atom is 0.234 e. The molecule has 1 heterocycles. The van der Waals surface area contributed by atoms with Gasteiger partial charge < -0.3 is 14.6 Å². The van der Waals surface area contributed by atoms with Crippen molar-refractivity contribution in [3.63, 3.8) is 0 Å². The molecule has 2 aromatic carbocycles. The van der Waals surface area contributed by atoms with E-state index in [1.54, 1.807) is 0 Å². The van der Waals surface area contributed by atoms with Crippen molar-refractivity contribution in [2.45, 2.75) is 52.4 Å². The maximum atomic E-state index is 12.4. The van der Waals surface area contributed by atoms with Gasteiger partial charge in [-0.3, -0.25) is 4.79 Å². The third-order valence-corrected chi connectivity index (χ3v) is 5.93. The van der Waals surface area contributed by atoms with Gasteiger partial charge >= 0.3 is 0 Å². The molecular formula is C23H28N4O2S. The zero-order chi connectivity index (χ0) is 21.5. The fourth-order valence-electron chi connectivity index (χ4n) is 3.07. The van der Waals surface area contributed by atoms with Crippen LogP contribution in [-0.2, 0) is 24.4 Å². The first-order valence-electron chi connectivity index (χ1n) is 10.1. The Bertz CT molecular complexity index is 1020. The molecule has 3 aromatic rings. The number of aryl methyl sites for hydroxylation is 3. The second-order valence-corrected chi connectivity index (χ2v) is 7.97. The lowest BCUT2D eigenvalue weighted by Crippen LogP contribution is -2.16. The van der Waals surface area contributed by atoms with Crippen molar-refractivity contribution in [2.24, 2.45) is 0 Å². The summed E-state index contributed by atoms with van der Waals surface area (Å²) in [5.41, 5.74) is 4.41. The van der Waals surface area contributed by atoms with E-state index in [0.717, 1.165) is 34.4 Å². The minimum absolute atomic E-state index is 0.0560. The van der Waals surface area contributed by atoms with Gasteiger partial charge in [-0.2, -0.15) is 0 Å². The van der Waals surface area contributed by atoms with Gasteiger partial charge in [0.05, 0.1) is 5.75 Å². The molecule has 3 rings (SSSR count). The second kappa shape index (κ2) is 10.3. The molecule has 0 aliphatic heterocycles. The van der Waals surface area contributed by atoms with Crippen molar-refractivity contribution in [3.05, 3.63) is 65.0 Å². The molecule has 1 aromatic heterocycles. The molecule has 0 fully saturated rings. The molecule has 1 amide bonds. The highest BCUT2D eigenvalue weighted by Gasteiger charge is 2.14. The molecule has 0 saturated heterocycles. The van der Waals surface area contributed by atoms with Crippen LogP contribution in [0, 0.1) is 13.8 Å². The summed E-state index contributed by atoms with van der Waals surface area (Å²) in [6, 6.07) is 13.9. The van der Waals surface area contributed by atoms with Gasteiger partial charge in [-0.05, 0) is 62.1 Å². The van der Waals surface area contributed by atoms with E-state index in [9.17, 15) is 4.79 Å². The van der Waals surface area contributed by atoms with Crippen LogP contribution in [0.5, 0.6) is 5.75 Å². The number of anilines is 1. The molecule has 158 valence electrons. The van der Waals surface area contributed by atoms with E-state index in [0.29, 0.717) is 13.2 Å². The lowest BCUT2D eigenvalue weighted by molar-refractivity contribution is -0.113. The van der Waals surface area contributed by atoms with Crippen molar-refractivity contribution in [1.82, 2.24) is 14.8 Å². The smallest absolute Gasteiger partial charge is 0.234 e. The number of thioether (sulfide) groups is 1. The molecule has 6 nitrogen and oxygen atoms in total. The number of benzene rings is 2. The van der Waals surface area contributed by atoms with E-state index >= 15 is 0 Å². The SMILES string of the molecule is CCc1ccccc1NC(=O)CSc1nnc(COc2ccc(C)c(C)c2)n1CC. The Morgan fingerprint density at radius 1 is 1.10 bits per heavy atom. The van der Waals surface area contributed by atoms with Crippen LogP contribution in [0.1, 0.15) is 36.4 Å². The summed E-state index contributed by atoms with van der Waals surface area (Å²) in [5.74, 6) is 1.77. The summed E-state index contributed by atoms with van der Waals surface area (Å²) in [6.45, 7) is 9.29. The first-order valence-corrected chi connectivity index (χ1v) is 11.1. The van der Waals surface area contributed by atoms with Gasteiger partial charge in [-0.1, -0.05) is 43.0 Å². The number of carbonyl (C=O) groups excluding carboxylic acids is 1. The molecule has 7 heteroatoms.